The Balaban J connectivity index is 1.97. The van der Waals surface area contributed by atoms with E-state index in [1.807, 2.05) is 0 Å². The maximum Gasteiger partial charge on any atom is 0.305 e. The smallest absolute Gasteiger partial charge is 0.305 e. The van der Waals surface area contributed by atoms with Crippen LogP contribution < -0.4 is 5.32 Å². The molecule has 0 aromatic heterocycles. The molecule has 8 heteroatoms. The van der Waals surface area contributed by atoms with Crippen molar-refractivity contribution in [2.24, 2.45) is 10.2 Å². The first-order valence-corrected chi connectivity index (χ1v) is 6.52. The van der Waals surface area contributed by atoms with Crippen LogP contribution in [0.4, 0.5) is 0 Å². The maximum absolute atomic E-state index is 11.4. The van der Waals surface area contributed by atoms with Gasteiger partial charge in [-0.2, -0.15) is 5.10 Å². The van der Waals surface area contributed by atoms with Crippen molar-refractivity contribution in [3.8, 4) is 5.75 Å². The topological polar surface area (TPSA) is 111 Å². The van der Waals surface area contributed by atoms with Crippen LogP contribution in [0.3, 0.4) is 0 Å². The summed E-state index contributed by atoms with van der Waals surface area (Å²) in [5, 5.41) is 27.4. The maximum atomic E-state index is 11.4. The first-order chi connectivity index (χ1) is 9.54. The van der Waals surface area contributed by atoms with E-state index in [0.29, 0.717) is 0 Å². The molecule has 7 nitrogen and oxygen atoms in total. The van der Waals surface area contributed by atoms with Gasteiger partial charge in [0.05, 0.1) is 12.6 Å². The molecule has 0 radical (unpaired) electrons. The molecule has 0 unspecified atom stereocenters. The van der Waals surface area contributed by atoms with Gasteiger partial charge in [0.2, 0.25) is 5.91 Å². The number of aromatic hydroxyl groups is 1. The average Bonchev–Trinajstić information content (AvgIpc) is 2.72. The predicted molar refractivity (Wildman–Crippen MR) is 74.9 cm³/mol. The molecule has 1 aromatic carbocycles. The number of amidine groups is 1. The lowest BCUT2D eigenvalue weighted by molar-refractivity contribution is -0.138. The molecule has 1 atom stereocenters. The molecular weight excluding hydrogens is 282 g/mol. The van der Waals surface area contributed by atoms with E-state index in [1.165, 1.54) is 18.3 Å². The lowest BCUT2D eigenvalue weighted by Gasteiger charge is -1.97. The number of carboxylic acid groups (broad SMARTS) is 1. The fraction of sp³-hybridized carbons (Fsp3) is 0.167. The molecule has 0 spiro atoms. The summed E-state index contributed by atoms with van der Waals surface area (Å²) in [5.41, 5.74) is 0.739. The van der Waals surface area contributed by atoms with E-state index in [2.05, 4.69) is 15.5 Å². The molecule has 1 fully saturated rings. The molecule has 1 aliphatic heterocycles. The molecule has 1 saturated heterocycles. The van der Waals surface area contributed by atoms with Gasteiger partial charge in [0.25, 0.3) is 0 Å². The van der Waals surface area contributed by atoms with Crippen LogP contribution in [0.2, 0.25) is 0 Å². The molecule has 1 heterocycles. The third-order valence-corrected chi connectivity index (χ3v) is 3.46. The number of phenols is 1. The number of nitrogens with zero attached hydrogens (tertiary/aromatic N) is 2. The number of carbonyl (C=O) groups excluding carboxylic acids is 1. The van der Waals surface area contributed by atoms with Crippen molar-refractivity contribution in [3.63, 3.8) is 0 Å². The van der Waals surface area contributed by atoms with Gasteiger partial charge in [0.1, 0.15) is 11.0 Å². The van der Waals surface area contributed by atoms with Crippen LogP contribution >= 0.6 is 11.8 Å². The van der Waals surface area contributed by atoms with Crippen LogP contribution in [-0.2, 0) is 9.59 Å². The number of aliphatic carboxylic acids is 1. The van der Waals surface area contributed by atoms with Gasteiger partial charge in [0.15, 0.2) is 5.17 Å². The summed E-state index contributed by atoms with van der Waals surface area (Å²) in [6.07, 6.45) is 1.21. The Morgan fingerprint density at radius 1 is 1.40 bits per heavy atom. The second-order valence-electron chi connectivity index (χ2n) is 3.93. The van der Waals surface area contributed by atoms with Crippen molar-refractivity contribution >= 4 is 35.0 Å². The van der Waals surface area contributed by atoms with E-state index < -0.39 is 11.2 Å². The molecular formula is C12H11N3O4S. The highest BCUT2D eigenvalue weighted by Crippen LogP contribution is 2.22. The number of thioether (sulfide) groups is 1. The zero-order valence-electron chi connectivity index (χ0n) is 10.2. The number of hydrogen-bond acceptors (Lipinski definition) is 6. The summed E-state index contributed by atoms with van der Waals surface area (Å²) in [4.78, 5) is 22.0. The molecule has 104 valence electrons. The van der Waals surface area contributed by atoms with Crippen LogP contribution in [0, 0.1) is 0 Å². The summed E-state index contributed by atoms with van der Waals surface area (Å²) in [6.45, 7) is 0. The van der Waals surface area contributed by atoms with Gasteiger partial charge < -0.3 is 15.5 Å². The van der Waals surface area contributed by atoms with Gasteiger partial charge in [-0.05, 0) is 29.8 Å². The van der Waals surface area contributed by atoms with Crippen molar-refractivity contribution < 1.29 is 19.8 Å². The minimum Gasteiger partial charge on any atom is -0.508 e. The Labute approximate surface area is 118 Å². The van der Waals surface area contributed by atoms with Crippen LogP contribution in [0.15, 0.2) is 34.5 Å². The van der Waals surface area contributed by atoms with E-state index in [1.54, 1.807) is 12.1 Å². The molecule has 3 N–H and O–H groups in total. The van der Waals surface area contributed by atoms with Crippen molar-refractivity contribution in [2.75, 3.05) is 0 Å². The zero-order chi connectivity index (χ0) is 14.5. The van der Waals surface area contributed by atoms with Crippen molar-refractivity contribution in [3.05, 3.63) is 29.8 Å². The fourth-order valence-corrected chi connectivity index (χ4v) is 2.37. The predicted octanol–water partition coefficient (Wildman–Crippen LogP) is 0.788. The van der Waals surface area contributed by atoms with E-state index in [-0.39, 0.29) is 23.2 Å². The summed E-state index contributed by atoms with van der Waals surface area (Å²) in [7, 11) is 0. The Kier molecular flexibility index (Phi) is 4.36. The van der Waals surface area contributed by atoms with Crippen LogP contribution in [0.1, 0.15) is 12.0 Å². The second kappa shape index (κ2) is 6.20. The standard InChI is InChI=1S/C12H11N3O4S/c16-8-3-1-7(2-4-8)6-13-15-12-14-11(19)9(20-12)5-10(17)18/h1-4,6,9,16H,5H2,(H,17,18)(H,14,15,19)/b13-6+/t9-/m0/s1. The number of phenolic OH excluding ortho intramolecular Hbond substituents is 1. The number of nitrogens with one attached hydrogen (secondary N) is 1. The van der Waals surface area contributed by atoms with Gasteiger partial charge in [-0.3, -0.25) is 9.59 Å². The first-order valence-electron chi connectivity index (χ1n) is 5.64. The largest absolute Gasteiger partial charge is 0.508 e. The highest BCUT2D eigenvalue weighted by molar-refractivity contribution is 8.15. The van der Waals surface area contributed by atoms with E-state index in [4.69, 9.17) is 10.2 Å². The molecule has 0 saturated carbocycles. The number of rotatable bonds is 4. The minimum absolute atomic E-state index is 0.156. The lowest BCUT2D eigenvalue weighted by Crippen LogP contribution is -2.26. The highest BCUT2D eigenvalue weighted by atomic mass is 32.2. The number of carbonyl (C=O) groups is 2. The number of amides is 1. The fourth-order valence-electron chi connectivity index (χ4n) is 1.45. The summed E-state index contributed by atoms with van der Waals surface area (Å²) in [5.74, 6) is -1.26. The van der Waals surface area contributed by atoms with Gasteiger partial charge >= 0.3 is 5.97 Å². The average molecular weight is 293 g/mol. The molecule has 1 amide bonds. The number of carboxylic acids is 1. The number of benzene rings is 1. The van der Waals surface area contributed by atoms with Crippen LogP contribution in [-0.4, -0.2) is 38.7 Å². The summed E-state index contributed by atoms with van der Waals surface area (Å²) < 4.78 is 0. The van der Waals surface area contributed by atoms with Gasteiger partial charge in [-0.15, -0.1) is 5.10 Å². The zero-order valence-corrected chi connectivity index (χ0v) is 11.0. The van der Waals surface area contributed by atoms with Gasteiger partial charge in [0, 0.05) is 0 Å². The monoisotopic (exact) mass is 293 g/mol. The van der Waals surface area contributed by atoms with Gasteiger partial charge in [-0.1, -0.05) is 11.8 Å². The van der Waals surface area contributed by atoms with Crippen molar-refractivity contribution in [1.82, 2.24) is 5.32 Å². The molecule has 1 aromatic rings. The molecule has 1 aliphatic rings. The SMILES string of the molecule is O=C(O)C[C@@H]1S/C(=N\N=C\c2ccc(O)cc2)NC1=O. The summed E-state index contributed by atoms with van der Waals surface area (Å²) in [6, 6.07) is 6.35. The molecule has 0 aliphatic carbocycles. The van der Waals surface area contributed by atoms with E-state index >= 15 is 0 Å². The first kappa shape index (κ1) is 14.1. The summed E-state index contributed by atoms with van der Waals surface area (Å²) >= 11 is 1.04. The second-order valence-corrected chi connectivity index (χ2v) is 5.13. The Bertz CT molecular complexity index is 583. The van der Waals surface area contributed by atoms with Crippen molar-refractivity contribution in [1.29, 1.82) is 0 Å². The van der Waals surface area contributed by atoms with Crippen LogP contribution in [0.25, 0.3) is 0 Å². The normalized spacial score (nSPS) is 20.5. The third kappa shape index (κ3) is 3.82. The highest BCUT2D eigenvalue weighted by Gasteiger charge is 2.32. The Morgan fingerprint density at radius 2 is 2.10 bits per heavy atom. The molecule has 2 rings (SSSR count). The van der Waals surface area contributed by atoms with E-state index in [9.17, 15) is 9.59 Å². The lowest BCUT2D eigenvalue weighted by atomic mass is 10.2. The van der Waals surface area contributed by atoms with Crippen LogP contribution in [0.5, 0.6) is 5.75 Å². The number of hydrogen-bond donors (Lipinski definition) is 3. The molecule has 0 bridgehead atoms. The molecule has 20 heavy (non-hydrogen) atoms. The van der Waals surface area contributed by atoms with Crippen molar-refractivity contribution in [2.45, 2.75) is 11.7 Å². The third-order valence-electron chi connectivity index (χ3n) is 2.38. The Morgan fingerprint density at radius 3 is 2.75 bits per heavy atom. The van der Waals surface area contributed by atoms with Gasteiger partial charge in [-0.25, -0.2) is 0 Å². The van der Waals surface area contributed by atoms with E-state index in [0.717, 1.165) is 17.3 Å². The minimum atomic E-state index is -1.04. The Hall–Kier alpha value is -2.35. The quantitative estimate of drug-likeness (QED) is 0.561.